The minimum Gasteiger partial charge on any atom is -0.394 e. The molecule has 0 aromatic heterocycles. The Labute approximate surface area is 125 Å². The van der Waals surface area contributed by atoms with Crippen LogP contribution < -0.4 is 0 Å². The van der Waals surface area contributed by atoms with E-state index in [-0.39, 0.29) is 39.6 Å². The van der Waals surface area contributed by atoms with Gasteiger partial charge in [0.2, 0.25) is 0 Å². The summed E-state index contributed by atoms with van der Waals surface area (Å²) in [5.74, 6) is 0. The van der Waals surface area contributed by atoms with E-state index in [9.17, 15) is 0 Å². The summed E-state index contributed by atoms with van der Waals surface area (Å²) in [6, 6.07) is 0. The predicted octanol–water partition coefficient (Wildman–Crippen LogP) is -3.24. The van der Waals surface area contributed by atoms with Crippen molar-refractivity contribution in [2.24, 2.45) is 0 Å². The van der Waals surface area contributed by atoms with E-state index in [1.807, 2.05) is 0 Å². The van der Waals surface area contributed by atoms with E-state index in [0.717, 1.165) is 0 Å². The maximum Gasteiger partial charge on any atom is 0.331 e. The Balaban J connectivity index is 0. The fourth-order valence-electron chi connectivity index (χ4n) is 0.799. The molecule has 7 N–H and O–H groups in total. The molecule has 0 bridgehead atoms. The third-order valence-electron chi connectivity index (χ3n) is 2.09. The molecule has 0 rings (SSSR count). The lowest BCUT2D eigenvalue weighted by Crippen LogP contribution is -2.40. The summed E-state index contributed by atoms with van der Waals surface area (Å²) in [5, 5.41) is 59.2. The number of hydrogen-bond donors (Lipinski definition) is 7. The van der Waals surface area contributed by atoms with Crippen molar-refractivity contribution < 1.29 is 44.6 Å². The van der Waals surface area contributed by atoms with Gasteiger partial charge in [0.25, 0.3) is 0 Å². The zero-order chi connectivity index (χ0) is 16.9. The van der Waals surface area contributed by atoms with Crippen LogP contribution in [0.4, 0.5) is 0 Å². The van der Waals surface area contributed by atoms with Crippen LogP contribution in [0.3, 0.4) is 0 Å². The Morgan fingerprint density at radius 2 is 0.952 bits per heavy atom. The second-order valence-electron chi connectivity index (χ2n) is 4.71. The minimum atomic E-state index is -2.40. The summed E-state index contributed by atoms with van der Waals surface area (Å²) in [6.45, 7) is 2.07. The summed E-state index contributed by atoms with van der Waals surface area (Å²) < 4.78 is 10.6. The summed E-state index contributed by atoms with van der Waals surface area (Å²) in [7, 11) is -2.40. The average molecular weight is 332 g/mol. The molecule has 2 unspecified atom stereocenters. The van der Waals surface area contributed by atoms with E-state index >= 15 is 0 Å². The quantitative estimate of drug-likeness (QED) is 0.204. The molecular weight excluding hydrogens is 304 g/mol. The first kappa shape index (κ1) is 23.1. The maximum absolute atomic E-state index is 9.05. The van der Waals surface area contributed by atoms with Crippen LogP contribution in [-0.4, -0.2) is 102 Å². The van der Waals surface area contributed by atoms with Crippen molar-refractivity contribution in [1.29, 1.82) is 0 Å². The second-order valence-corrected chi connectivity index (χ2v) is 8.09. The third-order valence-corrected chi connectivity index (χ3v) is 3.81. The van der Waals surface area contributed by atoms with E-state index in [2.05, 4.69) is 0 Å². The Kier molecular flexibility index (Phi) is 14.9. The first-order chi connectivity index (χ1) is 9.72. The monoisotopic (exact) mass is 332 g/mol. The molecule has 0 radical (unpaired) electrons. The fraction of sp³-hybridized carbons (Fsp3) is 1.00. The van der Waals surface area contributed by atoms with Crippen molar-refractivity contribution in [2.45, 2.75) is 31.4 Å². The third kappa shape index (κ3) is 16.1. The Hall–Kier alpha value is -0.143. The first-order valence-electron chi connectivity index (χ1n) is 6.47. The smallest absolute Gasteiger partial charge is 0.331 e. The van der Waals surface area contributed by atoms with E-state index in [1.54, 1.807) is 13.1 Å². The molecule has 0 aromatic carbocycles. The van der Waals surface area contributed by atoms with Crippen LogP contribution in [0.2, 0.25) is 13.1 Å². The van der Waals surface area contributed by atoms with E-state index < -0.39 is 26.9 Å². The van der Waals surface area contributed by atoms with Crippen LogP contribution in [0.1, 0.15) is 0 Å². The topological polar surface area (TPSA) is 160 Å². The highest BCUT2D eigenvalue weighted by Gasteiger charge is 2.26. The van der Waals surface area contributed by atoms with Crippen LogP contribution in [0.5, 0.6) is 0 Å². The summed E-state index contributed by atoms with van der Waals surface area (Å²) in [5.41, 5.74) is 0. The van der Waals surface area contributed by atoms with E-state index in [4.69, 9.17) is 44.6 Å². The van der Waals surface area contributed by atoms with Gasteiger partial charge in [-0.2, -0.15) is 0 Å². The SMILES string of the molecule is C[Si](C)(OCC(O)CO)OCC(O)CO.OCC(O)CO. The van der Waals surface area contributed by atoms with Crippen LogP contribution in [-0.2, 0) is 8.85 Å². The van der Waals surface area contributed by atoms with Crippen LogP contribution in [0.25, 0.3) is 0 Å². The van der Waals surface area contributed by atoms with Gasteiger partial charge in [-0.3, -0.25) is 0 Å². The molecule has 0 spiro atoms. The van der Waals surface area contributed by atoms with Gasteiger partial charge in [0.15, 0.2) is 0 Å². The molecule has 0 aliphatic carbocycles. The summed E-state index contributed by atoms with van der Waals surface area (Å²) >= 11 is 0. The van der Waals surface area contributed by atoms with Crippen LogP contribution in [0, 0.1) is 0 Å². The van der Waals surface area contributed by atoms with Gasteiger partial charge in [-0.1, -0.05) is 0 Å². The highest BCUT2D eigenvalue weighted by Crippen LogP contribution is 2.07. The molecule has 9 nitrogen and oxygen atoms in total. The molecule has 0 fully saturated rings. The Morgan fingerprint density at radius 3 is 1.14 bits per heavy atom. The zero-order valence-electron chi connectivity index (χ0n) is 12.4. The number of hydrogen-bond acceptors (Lipinski definition) is 9. The lowest BCUT2D eigenvalue weighted by atomic mass is 10.4. The zero-order valence-corrected chi connectivity index (χ0v) is 13.4. The summed E-state index contributed by atoms with van der Waals surface area (Å²) in [4.78, 5) is 0. The highest BCUT2D eigenvalue weighted by atomic mass is 28.4. The molecule has 2 atom stereocenters. The molecule has 0 amide bonds. The van der Waals surface area contributed by atoms with Crippen molar-refractivity contribution >= 4 is 8.56 Å². The maximum atomic E-state index is 9.05. The first-order valence-corrected chi connectivity index (χ1v) is 9.29. The van der Waals surface area contributed by atoms with Crippen LogP contribution in [0.15, 0.2) is 0 Å². The summed E-state index contributed by atoms with van der Waals surface area (Å²) in [6.07, 6.45) is -2.78. The van der Waals surface area contributed by atoms with Gasteiger partial charge in [0, 0.05) is 0 Å². The molecule has 0 aliphatic rings. The van der Waals surface area contributed by atoms with Crippen molar-refractivity contribution in [3.05, 3.63) is 0 Å². The van der Waals surface area contributed by atoms with Gasteiger partial charge in [0.05, 0.1) is 51.8 Å². The van der Waals surface area contributed by atoms with Crippen molar-refractivity contribution in [3.63, 3.8) is 0 Å². The Bertz CT molecular complexity index is 210. The fourth-order valence-corrected chi connectivity index (χ4v) is 2.07. The number of aliphatic hydroxyl groups is 7. The Morgan fingerprint density at radius 1 is 0.667 bits per heavy atom. The molecule has 10 heteroatoms. The number of rotatable bonds is 10. The molecular formula is C11H28O9Si. The standard InChI is InChI=1S/C8H20O6Si.C3H8O3/c1-15(2,13-5-7(11)3-9)14-6-8(12)4-10;4-1-3(6)2-5/h7-12H,3-6H2,1-2H3;3-6H,1-2H2. The molecule has 0 aliphatic heterocycles. The van der Waals surface area contributed by atoms with E-state index in [0.29, 0.717) is 0 Å². The molecule has 21 heavy (non-hydrogen) atoms. The van der Waals surface area contributed by atoms with Gasteiger partial charge >= 0.3 is 8.56 Å². The molecule has 0 saturated heterocycles. The predicted molar refractivity (Wildman–Crippen MR) is 75.7 cm³/mol. The minimum absolute atomic E-state index is 0.00490. The molecule has 0 saturated carbocycles. The average Bonchev–Trinajstić information content (AvgIpc) is 2.49. The van der Waals surface area contributed by atoms with Gasteiger partial charge in [-0.05, 0) is 13.1 Å². The van der Waals surface area contributed by atoms with Crippen molar-refractivity contribution in [1.82, 2.24) is 0 Å². The largest absolute Gasteiger partial charge is 0.394 e. The molecule has 0 heterocycles. The van der Waals surface area contributed by atoms with E-state index in [1.165, 1.54) is 0 Å². The van der Waals surface area contributed by atoms with Gasteiger partial charge < -0.3 is 44.6 Å². The van der Waals surface area contributed by atoms with Crippen LogP contribution >= 0.6 is 0 Å². The number of aliphatic hydroxyl groups excluding tert-OH is 7. The van der Waals surface area contributed by atoms with Gasteiger partial charge in [-0.15, -0.1) is 0 Å². The van der Waals surface area contributed by atoms with Gasteiger partial charge in [0.1, 0.15) is 6.10 Å². The normalized spacial score (nSPS) is 14.6. The van der Waals surface area contributed by atoms with Crippen molar-refractivity contribution in [2.75, 3.05) is 39.6 Å². The molecule has 130 valence electrons. The highest BCUT2D eigenvalue weighted by molar-refractivity contribution is 6.64. The lowest BCUT2D eigenvalue weighted by Gasteiger charge is -2.25. The molecule has 0 aromatic rings. The lowest BCUT2D eigenvalue weighted by molar-refractivity contribution is 0.0173. The second kappa shape index (κ2) is 13.5. The van der Waals surface area contributed by atoms with Gasteiger partial charge in [-0.25, -0.2) is 0 Å². The van der Waals surface area contributed by atoms with Crippen molar-refractivity contribution in [3.8, 4) is 0 Å².